The van der Waals surface area contributed by atoms with Gasteiger partial charge in [-0.3, -0.25) is 0 Å². The van der Waals surface area contributed by atoms with Crippen LogP contribution in [-0.2, 0) is 11.1 Å². The van der Waals surface area contributed by atoms with Crippen molar-refractivity contribution < 1.29 is 4.65 Å². The van der Waals surface area contributed by atoms with Crippen molar-refractivity contribution in [2.45, 2.75) is 77.6 Å². The van der Waals surface area contributed by atoms with Crippen LogP contribution in [0.3, 0.4) is 0 Å². The standard InChI is InChI=1S/C15H23BOS.C2H6/c1-6-7-13-8-9-14(11(2)10-13)18-16-15(4,5)12(3)17-16;1-2/h8-10,12H,6-7H2,1-5H3;1-2H3. The summed E-state index contributed by atoms with van der Waals surface area (Å²) in [6, 6.07) is 6.84. The van der Waals surface area contributed by atoms with E-state index in [1.165, 1.54) is 28.9 Å². The molecule has 1 nitrogen and oxygen atoms in total. The van der Waals surface area contributed by atoms with Gasteiger partial charge < -0.3 is 4.65 Å². The number of benzene rings is 1. The van der Waals surface area contributed by atoms with E-state index in [1.54, 1.807) is 0 Å². The topological polar surface area (TPSA) is 9.23 Å². The third kappa shape index (κ3) is 3.82. The van der Waals surface area contributed by atoms with Crippen LogP contribution in [0.4, 0.5) is 0 Å². The molecule has 0 spiro atoms. The van der Waals surface area contributed by atoms with E-state index in [4.69, 9.17) is 4.65 Å². The van der Waals surface area contributed by atoms with E-state index in [9.17, 15) is 0 Å². The normalized spacial score (nSPS) is 19.9. The molecule has 1 unspecified atom stereocenters. The Labute approximate surface area is 129 Å². The number of hydrogen-bond acceptors (Lipinski definition) is 2. The summed E-state index contributed by atoms with van der Waals surface area (Å²) in [6.45, 7) is 15.2. The van der Waals surface area contributed by atoms with E-state index < -0.39 is 0 Å². The van der Waals surface area contributed by atoms with Crippen LogP contribution < -0.4 is 0 Å². The molecular formula is C17H29BOS. The summed E-state index contributed by atoms with van der Waals surface area (Å²) in [5.41, 5.74) is 2.83. The predicted octanol–water partition coefficient (Wildman–Crippen LogP) is 5.75. The fraction of sp³-hybridized carbons (Fsp3) is 0.647. The second-order valence-electron chi connectivity index (χ2n) is 5.90. The summed E-state index contributed by atoms with van der Waals surface area (Å²) in [4.78, 5) is 1.36. The van der Waals surface area contributed by atoms with Crippen molar-refractivity contribution in [3.63, 3.8) is 0 Å². The van der Waals surface area contributed by atoms with Gasteiger partial charge in [0.15, 0.2) is 0 Å². The molecule has 0 aromatic heterocycles. The van der Waals surface area contributed by atoms with Crippen LogP contribution in [0.25, 0.3) is 0 Å². The van der Waals surface area contributed by atoms with Crippen LogP contribution in [0.2, 0.25) is 5.31 Å². The van der Waals surface area contributed by atoms with Gasteiger partial charge in [-0.15, -0.1) is 11.6 Å². The van der Waals surface area contributed by atoms with Crippen molar-refractivity contribution in [1.82, 2.24) is 0 Å². The minimum atomic E-state index is 0.277. The molecule has 1 fully saturated rings. The number of hydrogen-bond donors (Lipinski definition) is 0. The summed E-state index contributed by atoms with van der Waals surface area (Å²) in [5.74, 6) is 0. The molecule has 1 atom stereocenters. The molecule has 1 aliphatic heterocycles. The molecule has 1 aromatic carbocycles. The second kappa shape index (κ2) is 7.56. The molecule has 2 rings (SSSR count). The van der Waals surface area contributed by atoms with Gasteiger partial charge in [0, 0.05) is 16.3 Å². The van der Waals surface area contributed by atoms with Crippen molar-refractivity contribution in [3.05, 3.63) is 29.3 Å². The summed E-state index contributed by atoms with van der Waals surface area (Å²) in [7, 11) is 0. The van der Waals surface area contributed by atoms with E-state index in [1.807, 2.05) is 25.5 Å². The molecule has 20 heavy (non-hydrogen) atoms. The Balaban J connectivity index is 0.000000956. The van der Waals surface area contributed by atoms with E-state index >= 15 is 0 Å². The third-order valence-electron chi connectivity index (χ3n) is 3.99. The van der Waals surface area contributed by atoms with Gasteiger partial charge in [0.1, 0.15) is 0 Å². The molecule has 1 heterocycles. The van der Waals surface area contributed by atoms with Crippen molar-refractivity contribution in [2.24, 2.45) is 0 Å². The van der Waals surface area contributed by atoms with Crippen molar-refractivity contribution >= 4 is 17.8 Å². The molecule has 112 valence electrons. The zero-order valence-electron chi connectivity index (χ0n) is 14.1. The molecular weight excluding hydrogens is 263 g/mol. The molecule has 0 amide bonds. The minimum Gasteiger partial charge on any atom is -0.423 e. The van der Waals surface area contributed by atoms with Crippen LogP contribution >= 0.6 is 11.6 Å². The van der Waals surface area contributed by atoms with Gasteiger partial charge in [-0.2, -0.15) is 0 Å². The Morgan fingerprint density at radius 1 is 1.30 bits per heavy atom. The second-order valence-corrected chi connectivity index (χ2v) is 7.00. The van der Waals surface area contributed by atoms with Crippen LogP contribution in [0, 0.1) is 6.92 Å². The van der Waals surface area contributed by atoms with Crippen LogP contribution in [0.15, 0.2) is 23.1 Å². The molecule has 0 aliphatic carbocycles. The lowest BCUT2D eigenvalue weighted by Gasteiger charge is -2.47. The Hall–Kier alpha value is -0.405. The molecule has 1 aliphatic rings. The summed E-state index contributed by atoms with van der Waals surface area (Å²) in [5, 5.41) is 0.277. The van der Waals surface area contributed by atoms with Crippen LogP contribution in [0.1, 0.15) is 59.1 Å². The van der Waals surface area contributed by atoms with Gasteiger partial charge in [0.25, 0.3) is 0 Å². The first-order valence-electron chi connectivity index (χ1n) is 7.86. The van der Waals surface area contributed by atoms with E-state index in [0.29, 0.717) is 12.3 Å². The minimum absolute atomic E-state index is 0.277. The molecule has 3 heteroatoms. The number of aryl methyl sites for hydroxylation is 2. The lowest BCUT2D eigenvalue weighted by atomic mass is 9.55. The average molecular weight is 292 g/mol. The quantitative estimate of drug-likeness (QED) is 0.653. The maximum absolute atomic E-state index is 5.85. The third-order valence-corrected chi connectivity index (χ3v) is 5.64. The van der Waals surface area contributed by atoms with Gasteiger partial charge in [0.2, 0.25) is 0 Å². The zero-order chi connectivity index (χ0) is 15.3. The Bertz CT molecular complexity index is 431. The van der Waals surface area contributed by atoms with Crippen molar-refractivity contribution in [3.8, 4) is 0 Å². The lowest BCUT2D eigenvalue weighted by molar-refractivity contribution is 0.0995. The predicted molar refractivity (Wildman–Crippen MR) is 92.7 cm³/mol. The lowest BCUT2D eigenvalue weighted by Crippen LogP contribution is -2.51. The van der Waals surface area contributed by atoms with Crippen molar-refractivity contribution in [2.75, 3.05) is 0 Å². The first-order chi connectivity index (χ1) is 9.45. The Morgan fingerprint density at radius 3 is 2.40 bits per heavy atom. The first-order valence-corrected chi connectivity index (χ1v) is 8.74. The van der Waals surface area contributed by atoms with Gasteiger partial charge in [-0.05, 0) is 37.5 Å². The number of rotatable bonds is 4. The fourth-order valence-electron chi connectivity index (χ4n) is 2.24. The highest BCUT2D eigenvalue weighted by Crippen LogP contribution is 2.51. The average Bonchev–Trinajstić information content (AvgIpc) is 2.43. The highest BCUT2D eigenvalue weighted by Gasteiger charge is 2.51. The molecule has 0 N–H and O–H groups in total. The molecule has 0 radical (unpaired) electrons. The summed E-state index contributed by atoms with van der Waals surface area (Å²) < 4.78 is 5.85. The van der Waals surface area contributed by atoms with Gasteiger partial charge >= 0.3 is 6.19 Å². The zero-order valence-corrected chi connectivity index (χ0v) is 14.9. The maximum Gasteiger partial charge on any atom is 0.374 e. The van der Waals surface area contributed by atoms with E-state index in [0.717, 1.165) is 0 Å². The summed E-state index contributed by atoms with van der Waals surface area (Å²) in [6.07, 6.45) is 3.05. The monoisotopic (exact) mass is 292 g/mol. The largest absolute Gasteiger partial charge is 0.423 e. The Morgan fingerprint density at radius 2 is 1.95 bits per heavy atom. The first kappa shape index (κ1) is 17.6. The fourth-order valence-corrected chi connectivity index (χ4v) is 3.58. The highest BCUT2D eigenvalue weighted by atomic mass is 32.2. The van der Waals surface area contributed by atoms with Gasteiger partial charge in [0.05, 0.1) is 0 Å². The van der Waals surface area contributed by atoms with E-state index in [2.05, 4.69) is 52.8 Å². The molecule has 0 bridgehead atoms. The highest BCUT2D eigenvalue weighted by molar-refractivity contribution is 8.25. The SMILES string of the molecule is CC.CCCc1ccc(SB2OC(C)C2(C)C)c(C)c1. The molecule has 1 aromatic rings. The van der Waals surface area contributed by atoms with E-state index in [-0.39, 0.29) is 5.31 Å². The van der Waals surface area contributed by atoms with Gasteiger partial charge in [-0.25, -0.2) is 0 Å². The summed E-state index contributed by atoms with van der Waals surface area (Å²) >= 11 is 1.87. The van der Waals surface area contributed by atoms with Crippen LogP contribution in [-0.4, -0.2) is 12.3 Å². The molecule has 1 saturated heterocycles. The van der Waals surface area contributed by atoms with Crippen LogP contribution in [0.5, 0.6) is 0 Å². The van der Waals surface area contributed by atoms with Crippen molar-refractivity contribution in [1.29, 1.82) is 0 Å². The molecule has 0 saturated carbocycles. The maximum atomic E-state index is 5.85. The Kier molecular flexibility index (Phi) is 6.67. The smallest absolute Gasteiger partial charge is 0.374 e. The van der Waals surface area contributed by atoms with Gasteiger partial charge in [-0.1, -0.05) is 53.2 Å².